The van der Waals surface area contributed by atoms with Crippen molar-refractivity contribution in [1.82, 2.24) is 15.1 Å². The zero-order valence-electron chi connectivity index (χ0n) is 9.79. The van der Waals surface area contributed by atoms with E-state index in [0.717, 1.165) is 12.5 Å². The van der Waals surface area contributed by atoms with E-state index in [-0.39, 0.29) is 0 Å². The third-order valence-electron chi connectivity index (χ3n) is 3.35. The summed E-state index contributed by atoms with van der Waals surface area (Å²) in [6.45, 7) is 0.876. The average molecular weight is 207 g/mol. The number of hydrogen-bond donors (Lipinski definition) is 1. The van der Waals surface area contributed by atoms with E-state index in [0.29, 0.717) is 0 Å². The second kappa shape index (κ2) is 4.79. The molecule has 2 rings (SSSR count). The lowest BCUT2D eigenvalue weighted by molar-refractivity contribution is 0.424. The average Bonchev–Trinajstić information content (AvgIpc) is 2.61. The van der Waals surface area contributed by atoms with Gasteiger partial charge in [-0.05, 0) is 26.0 Å². The van der Waals surface area contributed by atoms with Crippen molar-refractivity contribution in [1.29, 1.82) is 0 Å². The first-order valence-electron chi connectivity index (χ1n) is 5.98. The van der Waals surface area contributed by atoms with Crippen molar-refractivity contribution >= 4 is 0 Å². The van der Waals surface area contributed by atoms with Gasteiger partial charge in [-0.3, -0.25) is 4.68 Å². The summed E-state index contributed by atoms with van der Waals surface area (Å²) in [5.41, 5.74) is 2.60. The Morgan fingerprint density at radius 1 is 1.40 bits per heavy atom. The summed E-state index contributed by atoms with van der Waals surface area (Å²) in [4.78, 5) is 0. The fourth-order valence-corrected chi connectivity index (χ4v) is 2.59. The Hall–Kier alpha value is -0.830. The van der Waals surface area contributed by atoms with Crippen molar-refractivity contribution in [2.75, 3.05) is 7.05 Å². The summed E-state index contributed by atoms with van der Waals surface area (Å²) in [7, 11) is 4.04. The molecule has 1 N–H and O–H groups in total. The molecule has 1 heterocycles. The molecule has 0 unspecified atom stereocenters. The van der Waals surface area contributed by atoms with Crippen molar-refractivity contribution in [2.45, 2.75) is 44.6 Å². The van der Waals surface area contributed by atoms with Gasteiger partial charge in [-0.1, -0.05) is 19.3 Å². The molecule has 1 fully saturated rings. The van der Waals surface area contributed by atoms with Crippen LogP contribution in [0.1, 0.15) is 49.4 Å². The third kappa shape index (κ3) is 2.40. The molecule has 0 aliphatic heterocycles. The minimum Gasteiger partial charge on any atom is -0.314 e. The van der Waals surface area contributed by atoms with Crippen LogP contribution in [0.5, 0.6) is 0 Å². The van der Waals surface area contributed by atoms with Crippen molar-refractivity contribution in [3.8, 4) is 0 Å². The maximum Gasteiger partial charge on any atom is 0.0765 e. The summed E-state index contributed by atoms with van der Waals surface area (Å²) in [5, 5.41) is 7.68. The van der Waals surface area contributed by atoms with Crippen LogP contribution in [0.25, 0.3) is 0 Å². The number of aryl methyl sites for hydroxylation is 1. The van der Waals surface area contributed by atoms with E-state index >= 15 is 0 Å². The molecule has 3 heteroatoms. The van der Waals surface area contributed by atoms with Gasteiger partial charge in [0, 0.05) is 25.2 Å². The lowest BCUT2D eigenvalue weighted by Gasteiger charge is -2.21. The monoisotopic (exact) mass is 207 g/mol. The maximum absolute atomic E-state index is 4.53. The molecule has 84 valence electrons. The number of rotatable bonds is 3. The Balaban J connectivity index is 2.11. The van der Waals surface area contributed by atoms with Gasteiger partial charge in [0.25, 0.3) is 0 Å². The molecular weight excluding hydrogens is 186 g/mol. The van der Waals surface area contributed by atoms with E-state index in [1.54, 1.807) is 0 Å². The van der Waals surface area contributed by atoms with E-state index < -0.39 is 0 Å². The fraction of sp³-hybridized carbons (Fsp3) is 0.750. The Bertz CT molecular complexity index is 311. The number of nitrogens with one attached hydrogen (secondary N) is 1. The van der Waals surface area contributed by atoms with Crippen LogP contribution in [0, 0.1) is 0 Å². The van der Waals surface area contributed by atoms with Gasteiger partial charge in [-0.2, -0.15) is 5.10 Å². The molecule has 0 spiro atoms. The molecule has 0 radical (unpaired) electrons. The van der Waals surface area contributed by atoms with Crippen LogP contribution >= 0.6 is 0 Å². The van der Waals surface area contributed by atoms with E-state index in [1.165, 1.54) is 43.5 Å². The molecule has 3 nitrogen and oxygen atoms in total. The highest BCUT2D eigenvalue weighted by molar-refractivity contribution is 5.15. The van der Waals surface area contributed by atoms with Crippen LogP contribution in [-0.4, -0.2) is 16.8 Å². The van der Waals surface area contributed by atoms with Gasteiger partial charge >= 0.3 is 0 Å². The number of aromatic nitrogens is 2. The van der Waals surface area contributed by atoms with Crippen LogP contribution in [0.3, 0.4) is 0 Å². The van der Waals surface area contributed by atoms with Gasteiger partial charge in [0.1, 0.15) is 0 Å². The predicted octanol–water partition coefficient (Wildman–Crippen LogP) is 2.19. The first-order chi connectivity index (χ1) is 7.31. The smallest absolute Gasteiger partial charge is 0.0765 e. The largest absolute Gasteiger partial charge is 0.314 e. The molecule has 15 heavy (non-hydrogen) atoms. The highest BCUT2D eigenvalue weighted by atomic mass is 15.3. The number of nitrogens with zero attached hydrogens (tertiary/aromatic N) is 2. The SMILES string of the molecule is CNCc1cc(C2CCCCC2)n(C)n1. The van der Waals surface area contributed by atoms with E-state index in [1.807, 2.05) is 7.05 Å². The quantitative estimate of drug-likeness (QED) is 0.823. The van der Waals surface area contributed by atoms with Crippen molar-refractivity contribution < 1.29 is 0 Å². The van der Waals surface area contributed by atoms with Crippen molar-refractivity contribution in [3.05, 3.63) is 17.5 Å². The highest BCUT2D eigenvalue weighted by Crippen LogP contribution is 2.32. The maximum atomic E-state index is 4.53. The summed E-state index contributed by atoms with van der Waals surface area (Å²) >= 11 is 0. The van der Waals surface area contributed by atoms with Crippen LogP contribution in [0.4, 0.5) is 0 Å². The second-order valence-corrected chi connectivity index (χ2v) is 4.55. The van der Waals surface area contributed by atoms with E-state index in [4.69, 9.17) is 0 Å². The zero-order chi connectivity index (χ0) is 10.7. The van der Waals surface area contributed by atoms with Gasteiger partial charge in [-0.15, -0.1) is 0 Å². The zero-order valence-corrected chi connectivity index (χ0v) is 9.79. The molecule has 0 amide bonds. The highest BCUT2D eigenvalue weighted by Gasteiger charge is 2.19. The number of hydrogen-bond acceptors (Lipinski definition) is 2. The minimum atomic E-state index is 0.752. The lowest BCUT2D eigenvalue weighted by atomic mass is 9.87. The molecule has 0 saturated heterocycles. The molecule has 1 aliphatic rings. The van der Waals surface area contributed by atoms with Gasteiger partial charge in [0.15, 0.2) is 0 Å². The van der Waals surface area contributed by atoms with Crippen LogP contribution in [0.2, 0.25) is 0 Å². The summed E-state index contributed by atoms with van der Waals surface area (Å²) < 4.78 is 2.07. The van der Waals surface area contributed by atoms with Crippen LogP contribution in [0.15, 0.2) is 6.07 Å². The predicted molar refractivity (Wildman–Crippen MR) is 61.8 cm³/mol. The van der Waals surface area contributed by atoms with Crippen molar-refractivity contribution in [3.63, 3.8) is 0 Å². The molecule has 0 bridgehead atoms. The summed E-state index contributed by atoms with van der Waals surface area (Å²) in [6, 6.07) is 2.27. The van der Waals surface area contributed by atoms with E-state index in [2.05, 4.69) is 28.2 Å². The van der Waals surface area contributed by atoms with Crippen molar-refractivity contribution in [2.24, 2.45) is 7.05 Å². The normalized spacial score (nSPS) is 18.3. The summed E-state index contributed by atoms with van der Waals surface area (Å²) in [6.07, 6.45) is 6.88. The van der Waals surface area contributed by atoms with E-state index in [9.17, 15) is 0 Å². The van der Waals surface area contributed by atoms with Gasteiger partial charge in [-0.25, -0.2) is 0 Å². The Morgan fingerprint density at radius 2 is 2.13 bits per heavy atom. The Morgan fingerprint density at radius 3 is 2.80 bits per heavy atom. The Kier molecular flexibility index (Phi) is 3.41. The second-order valence-electron chi connectivity index (χ2n) is 4.55. The molecule has 0 atom stereocenters. The first kappa shape index (κ1) is 10.7. The molecule has 1 aromatic heterocycles. The lowest BCUT2D eigenvalue weighted by Crippen LogP contribution is -2.09. The molecule has 1 aromatic rings. The van der Waals surface area contributed by atoms with Gasteiger partial charge in [0.05, 0.1) is 5.69 Å². The topological polar surface area (TPSA) is 29.9 Å². The van der Waals surface area contributed by atoms with Crippen LogP contribution in [-0.2, 0) is 13.6 Å². The molecule has 1 aliphatic carbocycles. The molecule has 0 aromatic carbocycles. The molecular formula is C12H21N3. The Labute approximate surface area is 91.9 Å². The van der Waals surface area contributed by atoms with Gasteiger partial charge in [0.2, 0.25) is 0 Å². The van der Waals surface area contributed by atoms with Crippen LogP contribution < -0.4 is 5.32 Å². The minimum absolute atomic E-state index is 0.752. The first-order valence-corrected chi connectivity index (χ1v) is 5.98. The van der Waals surface area contributed by atoms with Gasteiger partial charge < -0.3 is 5.32 Å². The fourth-order valence-electron chi connectivity index (χ4n) is 2.59. The third-order valence-corrected chi connectivity index (χ3v) is 3.35. The summed E-state index contributed by atoms with van der Waals surface area (Å²) in [5.74, 6) is 0.752. The standard InChI is InChI=1S/C12H21N3/c1-13-9-11-8-12(15(2)14-11)10-6-4-3-5-7-10/h8,10,13H,3-7,9H2,1-2H3. The molecule has 1 saturated carbocycles.